The van der Waals surface area contributed by atoms with Crippen molar-refractivity contribution in [2.24, 2.45) is 0 Å². The summed E-state index contributed by atoms with van der Waals surface area (Å²) in [4.78, 5) is 25.0. The predicted molar refractivity (Wildman–Crippen MR) is 72.3 cm³/mol. The summed E-state index contributed by atoms with van der Waals surface area (Å²) < 4.78 is 5.08. The van der Waals surface area contributed by atoms with E-state index in [1.54, 1.807) is 24.3 Å². The smallest absolute Gasteiger partial charge is 0.324 e. The third-order valence-electron chi connectivity index (χ3n) is 3.50. The molecule has 0 aliphatic carbocycles. The summed E-state index contributed by atoms with van der Waals surface area (Å²) >= 11 is 1.48. The average molecular weight is 272 g/mol. The van der Waals surface area contributed by atoms with Crippen molar-refractivity contribution in [1.82, 2.24) is 0 Å². The van der Waals surface area contributed by atoms with E-state index in [1.165, 1.54) is 11.3 Å². The fourth-order valence-corrected chi connectivity index (χ4v) is 3.19. The molecule has 2 heterocycles. The number of rotatable bonds is 3. The van der Waals surface area contributed by atoms with Gasteiger partial charge in [0.25, 0.3) is 0 Å². The predicted octanol–water partition coefficient (Wildman–Crippen LogP) is 2.82. The van der Waals surface area contributed by atoms with Crippen LogP contribution in [0.15, 0.2) is 47.2 Å². The monoisotopic (exact) mass is 272 g/mol. The Hall–Kier alpha value is -1.94. The van der Waals surface area contributed by atoms with E-state index in [0.29, 0.717) is 18.6 Å². The number of carbonyl (C=O) groups is 2. The van der Waals surface area contributed by atoms with Crippen LogP contribution in [0.25, 0.3) is 0 Å². The molecule has 0 saturated carbocycles. The molecule has 0 bridgehead atoms. The summed E-state index contributed by atoms with van der Waals surface area (Å²) in [6, 6.07) is 10.8. The van der Waals surface area contributed by atoms with Crippen LogP contribution in [0, 0.1) is 0 Å². The molecule has 1 fully saturated rings. The lowest BCUT2D eigenvalue weighted by Gasteiger charge is -2.22. The van der Waals surface area contributed by atoms with Gasteiger partial charge < -0.3 is 4.74 Å². The Morgan fingerprint density at radius 1 is 1.21 bits per heavy atom. The van der Waals surface area contributed by atoms with Gasteiger partial charge in [0.05, 0.1) is 6.61 Å². The highest BCUT2D eigenvalue weighted by Crippen LogP contribution is 2.38. The molecule has 3 nitrogen and oxygen atoms in total. The van der Waals surface area contributed by atoms with Crippen LogP contribution in [-0.2, 0) is 14.9 Å². The van der Waals surface area contributed by atoms with Crippen molar-refractivity contribution in [3.63, 3.8) is 0 Å². The van der Waals surface area contributed by atoms with Crippen molar-refractivity contribution >= 4 is 23.1 Å². The summed E-state index contributed by atoms with van der Waals surface area (Å²) in [5, 5.41) is 3.73. The quantitative estimate of drug-likeness (QED) is 0.490. The van der Waals surface area contributed by atoms with Gasteiger partial charge >= 0.3 is 5.97 Å². The highest BCUT2D eigenvalue weighted by Gasteiger charge is 2.52. The van der Waals surface area contributed by atoms with Crippen LogP contribution in [0.4, 0.5) is 0 Å². The Morgan fingerprint density at radius 3 is 2.58 bits per heavy atom. The topological polar surface area (TPSA) is 43.4 Å². The number of ether oxygens (including phenoxy) is 1. The molecule has 1 atom stereocenters. The first-order valence-corrected chi connectivity index (χ1v) is 6.99. The molecule has 4 heteroatoms. The number of thiophene rings is 1. The van der Waals surface area contributed by atoms with Crippen LogP contribution < -0.4 is 0 Å². The summed E-state index contributed by atoms with van der Waals surface area (Å²) in [5.41, 5.74) is 0.142. The molecular formula is C15H12O3S. The SMILES string of the molecule is O=C1OCC[C@]1(C(=O)c1ccccc1)c1ccsc1. The van der Waals surface area contributed by atoms with E-state index >= 15 is 0 Å². The van der Waals surface area contributed by atoms with E-state index in [0.717, 1.165) is 5.56 Å². The minimum Gasteiger partial charge on any atom is -0.465 e. The van der Waals surface area contributed by atoms with Crippen molar-refractivity contribution in [1.29, 1.82) is 0 Å². The molecule has 0 radical (unpaired) electrons. The largest absolute Gasteiger partial charge is 0.465 e. The average Bonchev–Trinajstić information content (AvgIpc) is 3.09. The Bertz CT molecular complexity index is 604. The Kier molecular flexibility index (Phi) is 2.95. The highest BCUT2D eigenvalue weighted by atomic mass is 32.1. The zero-order valence-electron chi connectivity index (χ0n) is 10.2. The van der Waals surface area contributed by atoms with Crippen molar-refractivity contribution in [2.45, 2.75) is 11.8 Å². The first-order valence-electron chi connectivity index (χ1n) is 6.05. The lowest BCUT2D eigenvalue weighted by molar-refractivity contribution is -0.141. The zero-order valence-corrected chi connectivity index (χ0v) is 11.0. The molecule has 1 aliphatic heterocycles. The van der Waals surface area contributed by atoms with Gasteiger partial charge in [0.15, 0.2) is 11.2 Å². The van der Waals surface area contributed by atoms with Crippen molar-refractivity contribution in [2.75, 3.05) is 6.61 Å². The van der Waals surface area contributed by atoms with E-state index < -0.39 is 11.4 Å². The molecule has 96 valence electrons. The van der Waals surface area contributed by atoms with Crippen LogP contribution in [-0.4, -0.2) is 18.4 Å². The van der Waals surface area contributed by atoms with Crippen molar-refractivity contribution in [3.8, 4) is 0 Å². The lowest BCUT2D eigenvalue weighted by Crippen LogP contribution is -2.40. The highest BCUT2D eigenvalue weighted by molar-refractivity contribution is 7.08. The van der Waals surface area contributed by atoms with E-state index in [2.05, 4.69) is 0 Å². The van der Waals surface area contributed by atoms with Gasteiger partial charge in [-0.05, 0) is 22.4 Å². The second kappa shape index (κ2) is 4.63. The number of esters is 1. The minimum atomic E-state index is -1.15. The van der Waals surface area contributed by atoms with Gasteiger partial charge in [-0.25, -0.2) is 0 Å². The number of benzene rings is 1. The summed E-state index contributed by atoms with van der Waals surface area (Å²) in [5.74, 6) is -0.603. The number of hydrogen-bond donors (Lipinski definition) is 0. The molecule has 0 unspecified atom stereocenters. The van der Waals surface area contributed by atoms with Crippen molar-refractivity contribution in [3.05, 3.63) is 58.3 Å². The molecule has 19 heavy (non-hydrogen) atoms. The van der Waals surface area contributed by atoms with Gasteiger partial charge in [-0.2, -0.15) is 11.3 Å². The maximum atomic E-state index is 12.8. The van der Waals surface area contributed by atoms with Gasteiger partial charge in [0.2, 0.25) is 0 Å². The molecule has 2 aromatic rings. The van der Waals surface area contributed by atoms with E-state index in [-0.39, 0.29) is 5.78 Å². The molecule has 1 aromatic carbocycles. The first-order chi connectivity index (χ1) is 9.25. The van der Waals surface area contributed by atoms with E-state index in [9.17, 15) is 9.59 Å². The lowest BCUT2D eigenvalue weighted by atomic mass is 9.74. The fourth-order valence-electron chi connectivity index (χ4n) is 2.46. The number of carbonyl (C=O) groups excluding carboxylic acids is 2. The molecule has 0 amide bonds. The first kappa shape index (κ1) is 12.1. The van der Waals surface area contributed by atoms with Gasteiger partial charge in [-0.3, -0.25) is 9.59 Å². The van der Waals surface area contributed by atoms with Gasteiger partial charge in [-0.15, -0.1) is 0 Å². The number of cyclic esters (lactones) is 1. The maximum Gasteiger partial charge on any atom is 0.324 e. The van der Waals surface area contributed by atoms with Crippen LogP contribution >= 0.6 is 11.3 Å². The molecular weight excluding hydrogens is 260 g/mol. The zero-order chi connectivity index (χ0) is 13.3. The van der Waals surface area contributed by atoms with Gasteiger partial charge in [0.1, 0.15) is 0 Å². The Labute approximate surface area is 114 Å². The second-order valence-corrected chi connectivity index (χ2v) is 5.28. The standard InChI is InChI=1S/C15H12O3S/c16-13(11-4-2-1-3-5-11)15(7-8-18-14(15)17)12-6-9-19-10-12/h1-6,9-10H,7-8H2/t15-/m1/s1. The van der Waals surface area contributed by atoms with Crippen LogP contribution in [0.3, 0.4) is 0 Å². The Morgan fingerprint density at radius 2 is 2.00 bits per heavy atom. The molecule has 0 spiro atoms. The fraction of sp³-hybridized carbons (Fsp3) is 0.200. The molecule has 0 N–H and O–H groups in total. The third kappa shape index (κ3) is 1.79. The molecule has 3 rings (SSSR count). The minimum absolute atomic E-state index is 0.172. The maximum absolute atomic E-state index is 12.8. The third-order valence-corrected chi connectivity index (χ3v) is 4.18. The van der Waals surface area contributed by atoms with Crippen LogP contribution in [0.5, 0.6) is 0 Å². The van der Waals surface area contributed by atoms with Crippen LogP contribution in [0.1, 0.15) is 22.3 Å². The number of Topliss-reactive ketones (excluding diaryl/α,β-unsaturated/α-hetero) is 1. The Balaban J connectivity index is 2.11. The summed E-state index contributed by atoms with van der Waals surface area (Å²) in [7, 11) is 0. The normalized spacial score (nSPS) is 22.2. The van der Waals surface area contributed by atoms with Gasteiger partial charge in [0, 0.05) is 12.0 Å². The van der Waals surface area contributed by atoms with E-state index in [4.69, 9.17) is 4.74 Å². The second-order valence-electron chi connectivity index (χ2n) is 4.50. The number of ketones is 1. The number of hydrogen-bond acceptors (Lipinski definition) is 4. The van der Waals surface area contributed by atoms with Crippen LogP contribution in [0.2, 0.25) is 0 Å². The van der Waals surface area contributed by atoms with Crippen molar-refractivity contribution < 1.29 is 14.3 Å². The summed E-state index contributed by atoms with van der Waals surface area (Å²) in [6.07, 6.45) is 0.413. The van der Waals surface area contributed by atoms with E-state index in [1.807, 2.05) is 22.9 Å². The van der Waals surface area contributed by atoms with Gasteiger partial charge in [-0.1, -0.05) is 30.3 Å². The molecule has 1 aliphatic rings. The molecule has 1 aromatic heterocycles. The summed E-state index contributed by atoms with van der Waals surface area (Å²) in [6.45, 7) is 0.299. The molecule has 1 saturated heterocycles.